The van der Waals surface area contributed by atoms with Crippen molar-refractivity contribution in [3.63, 3.8) is 0 Å². The molecule has 2 aliphatic rings. The monoisotopic (exact) mass is 428 g/mol. The Morgan fingerprint density at radius 1 is 0.969 bits per heavy atom. The van der Waals surface area contributed by atoms with Gasteiger partial charge in [-0.2, -0.15) is 0 Å². The molecule has 2 aliphatic heterocycles. The van der Waals surface area contributed by atoms with Crippen LogP contribution in [0.5, 0.6) is 0 Å². The number of nitrogens with zero attached hydrogens (tertiary/aromatic N) is 4. The first-order valence-corrected chi connectivity index (χ1v) is 11.5. The Hall–Kier alpha value is -3.05. The molecule has 3 heterocycles. The van der Waals surface area contributed by atoms with Gasteiger partial charge in [-0.3, -0.25) is 9.69 Å². The first-order chi connectivity index (χ1) is 15.5. The Kier molecular flexibility index (Phi) is 5.51. The minimum atomic E-state index is 0.142. The molecule has 1 aromatic heterocycles. The SMILES string of the molecule is Cc1cc(C(=O)N2Cc3ccccc3N3CCN(Cc4ccccc4)CC3C2)c(C)n1C. The van der Waals surface area contributed by atoms with E-state index < -0.39 is 0 Å². The van der Waals surface area contributed by atoms with Crippen molar-refractivity contribution in [3.8, 4) is 0 Å². The van der Waals surface area contributed by atoms with E-state index in [1.165, 1.54) is 16.8 Å². The first-order valence-electron chi connectivity index (χ1n) is 11.5. The van der Waals surface area contributed by atoms with E-state index in [9.17, 15) is 4.79 Å². The number of benzene rings is 2. The number of hydrogen-bond donors (Lipinski definition) is 0. The smallest absolute Gasteiger partial charge is 0.256 e. The van der Waals surface area contributed by atoms with Crippen LogP contribution in [0.4, 0.5) is 5.69 Å². The highest BCUT2D eigenvalue weighted by Crippen LogP contribution is 2.31. The van der Waals surface area contributed by atoms with E-state index >= 15 is 0 Å². The van der Waals surface area contributed by atoms with Gasteiger partial charge >= 0.3 is 0 Å². The summed E-state index contributed by atoms with van der Waals surface area (Å²) in [7, 11) is 2.03. The van der Waals surface area contributed by atoms with E-state index in [-0.39, 0.29) is 11.9 Å². The Labute approximate surface area is 190 Å². The third-order valence-corrected chi connectivity index (χ3v) is 7.20. The van der Waals surface area contributed by atoms with Crippen LogP contribution in [0.2, 0.25) is 0 Å². The summed E-state index contributed by atoms with van der Waals surface area (Å²) in [4.78, 5) is 20.8. The number of para-hydroxylation sites is 1. The third-order valence-electron chi connectivity index (χ3n) is 7.20. The van der Waals surface area contributed by atoms with Gasteiger partial charge in [-0.25, -0.2) is 0 Å². The Balaban J connectivity index is 1.43. The van der Waals surface area contributed by atoms with Crippen molar-refractivity contribution in [1.82, 2.24) is 14.4 Å². The molecule has 1 unspecified atom stereocenters. The Bertz CT molecular complexity index is 1120. The lowest BCUT2D eigenvalue weighted by atomic mass is 10.1. The zero-order valence-electron chi connectivity index (χ0n) is 19.3. The highest BCUT2D eigenvalue weighted by atomic mass is 16.2. The van der Waals surface area contributed by atoms with Crippen LogP contribution in [0.25, 0.3) is 0 Å². The number of hydrogen-bond acceptors (Lipinski definition) is 3. The number of aryl methyl sites for hydroxylation is 1. The van der Waals surface area contributed by atoms with E-state index in [1.54, 1.807) is 0 Å². The number of amides is 1. The minimum Gasteiger partial charge on any atom is -0.364 e. The number of anilines is 1. The van der Waals surface area contributed by atoms with E-state index in [0.29, 0.717) is 6.54 Å². The van der Waals surface area contributed by atoms with Crippen molar-refractivity contribution in [1.29, 1.82) is 0 Å². The lowest BCUT2D eigenvalue weighted by Gasteiger charge is -2.43. The van der Waals surface area contributed by atoms with Gasteiger partial charge in [0.15, 0.2) is 0 Å². The molecule has 0 bridgehead atoms. The van der Waals surface area contributed by atoms with Crippen molar-refractivity contribution < 1.29 is 4.79 Å². The Morgan fingerprint density at radius 3 is 2.47 bits per heavy atom. The summed E-state index contributed by atoms with van der Waals surface area (Å²) in [5.41, 5.74) is 6.86. The largest absolute Gasteiger partial charge is 0.364 e. The normalized spacial score (nSPS) is 18.8. The fourth-order valence-corrected chi connectivity index (χ4v) is 5.22. The molecule has 166 valence electrons. The summed E-state index contributed by atoms with van der Waals surface area (Å²) >= 11 is 0. The van der Waals surface area contributed by atoms with Crippen LogP contribution >= 0.6 is 0 Å². The zero-order valence-corrected chi connectivity index (χ0v) is 19.3. The quantitative estimate of drug-likeness (QED) is 0.632. The van der Waals surface area contributed by atoms with Crippen LogP contribution in [0.3, 0.4) is 0 Å². The van der Waals surface area contributed by atoms with Gasteiger partial charge in [0.1, 0.15) is 0 Å². The highest BCUT2D eigenvalue weighted by Gasteiger charge is 2.35. The molecule has 1 amide bonds. The molecule has 0 radical (unpaired) electrons. The van der Waals surface area contributed by atoms with E-state index in [4.69, 9.17) is 0 Å². The van der Waals surface area contributed by atoms with E-state index in [2.05, 4.69) is 80.8 Å². The number of rotatable bonds is 3. The number of fused-ring (bicyclic) bond motifs is 3. The fraction of sp³-hybridized carbons (Fsp3) is 0.370. The van der Waals surface area contributed by atoms with Crippen LogP contribution < -0.4 is 4.90 Å². The van der Waals surface area contributed by atoms with Crippen molar-refractivity contribution in [2.24, 2.45) is 7.05 Å². The van der Waals surface area contributed by atoms with Crippen molar-refractivity contribution in [3.05, 3.63) is 88.7 Å². The molecule has 3 aromatic rings. The molecule has 0 aliphatic carbocycles. The molecule has 1 atom stereocenters. The van der Waals surface area contributed by atoms with Crippen molar-refractivity contribution >= 4 is 11.6 Å². The van der Waals surface area contributed by atoms with Crippen LogP contribution in [0, 0.1) is 13.8 Å². The number of carbonyl (C=O) groups excluding carboxylic acids is 1. The van der Waals surface area contributed by atoms with Crippen LogP contribution in [0.1, 0.15) is 32.9 Å². The highest BCUT2D eigenvalue weighted by molar-refractivity contribution is 5.96. The van der Waals surface area contributed by atoms with Gasteiger partial charge in [0.2, 0.25) is 0 Å². The minimum absolute atomic E-state index is 0.142. The molecular formula is C27H32N4O. The molecule has 32 heavy (non-hydrogen) atoms. The van der Waals surface area contributed by atoms with Crippen LogP contribution in [-0.4, -0.2) is 52.5 Å². The average molecular weight is 429 g/mol. The molecule has 2 aromatic carbocycles. The second-order valence-corrected chi connectivity index (χ2v) is 9.23. The topological polar surface area (TPSA) is 31.7 Å². The van der Waals surface area contributed by atoms with Gasteiger partial charge in [-0.05, 0) is 37.1 Å². The molecule has 0 spiro atoms. The molecule has 5 heteroatoms. The average Bonchev–Trinajstić information content (AvgIpc) is 2.97. The molecule has 0 N–H and O–H groups in total. The van der Waals surface area contributed by atoms with Crippen LogP contribution in [0.15, 0.2) is 60.7 Å². The van der Waals surface area contributed by atoms with E-state index in [0.717, 1.165) is 49.7 Å². The van der Waals surface area contributed by atoms with Gasteiger partial charge < -0.3 is 14.4 Å². The number of carbonyl (C=O) groups is 1. The van der Waals surface area contributed by atoms with Gasteiger partial charge in [-0.1, -0.05) is 48.5 Å². The zero-order chi connectivity index (χ0) is 22.2. The second-order valence-electron chi connectivity index (χ2n) is 9.23. The third kappa shape index (κ3) is 3.82. The van der Waals surface area contributed by atoms with E-state index in [1.807, 2.05) is 20.0 Å². The lowest BCUT2D eigenvalue weighted by molar-refractivity contribution is 0.0718. The molecular weight excluding hydrogens is 396 g/mol. The van der Waals surface area contributed by atoms with Gasteiger partial charge in [0, 0.05) is 63.4 Å². The van der Waals surface area contributed by atoms with Gasteiger partial charge in [0.25, 0.3) is 5.91 Å². The summed E-state index contributed by atoms with van der Waals surface area (Å²) in [5, 5.41) is 0. The number of piperazine rings is 1. The molecule has 5 nitrogen and oxygen atoms in total. The standard InChI is InChI=1S/C27H32N4O/c1-20-15-25(21(2)28(20)3)27(32)30-17-23-11-7-8-12-26(23)31-14-13-29(18-24(31)19-30)16-22-9-5-4-6-10-22/h4-12,15,24H,13-14,16-19H2,1-3H3. The first kappa shape index (κ1) is 20.8. The maximum Gasteiger partial charge on any atom is 0.256 e. The maximum atomic E-state index is 13.7. The van der Waals surface area contributed by atoms with Gasteiger partial charge in [-0.15, -0.1) is 0 Å². The molecule has 5 rings (SSSR count). The molecule has 1 fully saturated rings. The van der Waals surface area contributed by atoms with Crippen molar-refractivity contribution in [2.45, 2.75) is 33.0 Å². The van der Waals surface area contributed by atoms with Gasteiger partial charge in [0.05, 0.1) is 11.6 Å². The summed E-state index contributed by atoms with van der Waals surface area (Å²) in [5.74, 6) is 0.142. The summed E-state index contributed by atoms with van der Waals surface area (Å²) in [6.07, 6.45) is 0. The fourth-order valence-electron chi connectivity index (χ4n) is 5.22. The second kappa shape index (κ2) is 8.47. The van der Waals surface area contributed by atoms with Crippen LogP contribution in [-0.2, 0) is 20.1 Å². The predicted octanol–water partition coefficient (Wildman–Crippen LogP) is 3.99. The maximum absolute atomic E-state index is 13.7. The Morgan fingerprint density at radius 2 is 1.72 bits per heavy atom. The van der Waals surface area contributed by atoms with Crippen molar-refractivity contribution in [2.75, 3.05) is 31.1 Å². The lowest BCUT2D eigenvalue weighted by Crippen LogP contribution is -2.56. The summed E-state index contributed by atoms with van der Waals surface area (Å²) in [6.45, 7) is 9.44. The summed E-state index contributed by atoms with van der Waals surface area (Å²) in [6, 6.07) is 21.6. The number of aromatic nitrogens is 1. The summed E-state index contributed by atoms with van der Waals surface area (Å²) < 4.78 is 2.10. The predicted molar refractivity (Wildman–Crippen MR) is 129 cm³/mol. The molecule has 0 saturated carbocycles. The molecule has 1 saturated heterocycles.